The van der Waals surface area contributed by atoms with Crippen LogP contribution in [0.15, 0.2) is 65.2 Å². The molecule has 0 unspecified atom stereocenters. The highest BCUT2D eigenvalue weighted by molar-refractivity contribution is 6.04. The van der Waals surface area contributed by atoms with Gasteiger partial charge in [-0.25, -0.2) is 4.79 Å². The Bertz CT molecular complexity index is 1510. The fraction of sp³-hybridized carbons (Fsp3) is 0.267. The van der Waals surface area contributed by atoms with Crippen LogP contribution in [-0.2, 0) is 4.74 Å². The predicted octanol–water partition coefficient (Wildman–Crippen LogP) is 5.50. The summed E-state index contributed by atoms with van der Waals surface area (Å²) in [5.41, 5.74) is 4.03. The van der Waals surface area contributed by atoms with E-state index in [0.29, 0.717) is 47.3 Å². The van der Waals surface area contributed by atoms with Crippen LogP contribution in [-0.4, -0.2) is 48.0 Å². The van der Waals surface area contributed by atoms with Gasteiger partial charge < -0.3 is 19.5 Å². The van der Waals surface area contributed by atoms with Crippen molar-refractivity contribution in [2.45, 2.75) is 32.6 Å². The summed E-state index contributed by atoms with van der Waals surface area (Å²) in [6, 6.07) is 18.7. The number of carbonyl (C=O) groups is 3. The number of aromatic nitrogens is 1. The molecule has 8 heteroatoms. The number of amides is 2. The number of hydrogen-bond donors (Lipinski definition) is 1. The van der Waals surface area contributed by atoms with E-state index in [-0.39, 0.29) is 17.8 Å². The van der Waals surface area contributed by atoms with Gasteiger partial charge in [0.15, 0.2) is 5.69 Å². The molecular formula is C30H29N3O5. The topological polar surface area (TPSA) is 102 Å². The molecule has 0 spiro atoms. The molecule has 5 rings (SSSR count). The highest BCUT2D eigenvalue weighted by Gasteiger charge is 2.25. The molecule has 0 atom stereocenters. The van der Waals surface area contributed by atoms with Crippen molar-refractivity contribution in [3.05, 3.63) is 94.4 Å². The van der Waals surface area contributed by atoms with Crippen LogP contribution >= 0.6 is 0 Å². The van der Waals surface area contributed by atoms with Gasteiger partial charge in [-0.1, -0.05) is 29.4 Å². The van der Waals surface area contributed by atoms with Gasteiger partial charge in [0, 0.05) is 29.9 Å². The second kappa shape index (κ2) is 10.5. The minimum absolute atomic E-state index is 0.0128. The minimum atomic E-state index is -0.383. The molecule has 1 fully saturated rings. The van der Waals surface area contributed by atoms with Gasteiger partial charge in [-0.15, -0.1) is 0 Å². The Morgan fingerprint density at radius 2 is 1.55 bits per heavy atom. The average Bonchev–Trinajstić information content (AvgIpc) is 3.29. The summed E-state index contributed by atoms with van der Waals surface area (Å²) in [5.74, 6) is 0.309. The van der Waals surface area contributed by atoms with Crippen LogP contribution in [0.5, 0.6) is 0 Å². The highest BCUT2D eigenvalue weighted by atomic mass is 16.5. The second-order valence-corrected chi connectivity index (χ2v) is 9.62. The third-order valence-corrected chi connectivity index (χ3v) is 7.30. The molecule has 38 heavy (non-hydrogen) atoms. The van der Waals surface area contributed by atoms with Crippen LogP contribution in [0.25, 0.3) is 10.8 Å². The molecule has 1 N–H and O–H groups in total. The first-order valence-electron chi connectivity index (χ1n) is 12.6. The number of benzene rings is 3. The van der Waals surface area contributed by atoms with Crippen molar-refractivity contribution in [1.82, 2.24) is 10.1 Å². The normalized spacial score (nSPS) is 13.9. The zero-order valence-corrected chi connectivity index (χ0v) is 21.6. The quantitative estimate of drug-likeness (QED) is 0.355. The van der Waals surface area contributed by atoms with Crippen LogP contribution in [0.1, 0.15) is 66.9 Å². The number of aryl methyl sites for hydroxylation is 1. The fourth-order valence-electron chi connectivity index (χ4n) is 4.88. The van der Waals surface area contributed by atoms with Crippen molar-refractivity contribution < 1.29 is 23.6 Å². The number of anilines is 1. The molecule has 1 aromatic heterocycles. The van der Waals surface area contributed by atoms with Gasteiger partial charge in [0.25, 0.3) is 11.8 Å². The van der Waals surface area contributed by atoms with E-state index >= 15 is 0 Å². The van der Waals surface area contributed by atoms with E-state index in [9.17, 15) is 14.4 Å². The van der Waals surface area contributed by atoms with Gasteiger partial charge in [0.2, 0.25) is 0 Å². The van der Waals surface area contributed by atoms with Crippen molar-refractivity contribution in [3.8, 4) is 0 Å². The van der Waals surface area contributed by atoms with Crippen molar-refractivity contribution >= 4 is 34.2 Å². The van der Waals surface area contributed by atoms with Gasteiger partial charge >= 0.3 is 5.97 Å². The van der Waals surface area contributed by atoms with Gasteiger partial charge in [-0.2, -0.15) is 0 Å². The molecule has 3 aromatic carbocycles. The van der Waals surface area contributed by atoms with Gasteiger partial charge in [0.05, 0.1) is 12.7 Å². The summed E-state index contributed by atoms with van der Waals surface area (Å²) in [7, 11) is 1.36. The number of piperidine rings is 1. The first-order valence-corrected chi connectivity index (χ1v) is 12.6. The maximum atomic E-state index is 13.2. The van der Waals surface area contributed by atoms with Crippen LogP contribution < -0.4 is 5.32 Å². The molecule has 0 radical (unpaired) electrons. The van der Waals surface area contributed by atoms with Crippen molar-refractivity contribution in [3.63, 3.8) is 0 Å². The number of hydrogen-bond acceptors (Lipinski definition) is 6. The van der Waals surface area contributed by atoms with E-state index in [0.717, 1.165) is 29.2 Å². The summed E-state index contributed by atoms with van der Waals surface area (Å²) < 4.78 is 9.87. The molecule has 2 heterocycles. The maximum Gasteiger partial charge on any atom is 0.337 e. The number of methoxy groups -OCH3 is 1. The van der Waals surface area contributed by atoms with Gasteiger partial charge in [-0.05, 0) is 85.3 Å². The van der Waals surface area contributed by atoms with E-state index in [1.54, 1.807) is 19.1 Å². The van der Waals surface area contributed by atoms with Crippen LogP contribution in [0.4, 0.5) is 5.69 Å². The molecule has 8 nitrogen and oxygen atoms in total. The summed E-state index contributed by atoms with van der Waals surface area (Å²) in [6.07, 6.45) is 1.73. The Balaban J connectivity index is 1.19. The molecule has 0 saturated carbocycles. The lowest BCUT2D eigenvalue weighted by molar-refractivity contribution is 0.0600. The van der Waals surface area contributed by atoms with E-state index < -0.39 is 0 Å². The SMILES string of the molecule is COC(=O)c1ccc2cc(C(=O)N3CCC(c4ccc(NC(=O)c5noc(C)c5C)cc4)CC3)ccc2c1. The minimum Gasteiger partial charge on any atom is -0.465 e. The van der Waals surface area contributed by atoms with Gasteiger partial charge in [-0.3, -0.25) is 9.59 Å². The van der Waals surface area contributed by atoms with E-state index in [1.165, 1.54) is 12.7 Å². The third kappa shape index (κ3) is 5.02. The lowest BCUT2D eigenvalue weighted by Crippen LogP contribution is -2.37. The zero-order chi connectivity index (χ0) is 26.8. The lowest BCUT2D eigenvalue weighted by atomic mass is 9.89. The smallest absolute Gasteiger partial charge is 0.337 e. The highest BCUT2D eigenvalue weighted by Crippen LogP contribution is 2.30. The molecule has 1 aliphatic rings. The average molecular weight is 512 g/mol. The van der Waals surface area contributed by atoms with E-state index in [1.807, 2.05) is 60.4 Å². The largest absolute Gasteiger partial charge is 0.465 e. The molecule has 0 bridgehead atoms. The fourth-order valence-corrected chi connectivity index (χ4v) is 4.88. The monoisotopic (exact) mass is 511 g/mol. The molecule has 194 valence electrons. The number of nitrogens with zero attached hydrogens (tertiary/aromatic N) is 2. The number of carbonyl (C=O) groups excluding carboxylic acids is 3. The molecule has 0 aliphatic carbocycles. The predicted molar refractivity (Wildman–Crippen MR) is 144 cm³/mol. The Morgan fingerprint density at radius 3 is 2.16 bits per heavy atom. The maximum absolute atomic E-state index is 13.2. The number of nitrogens with one attached hydrogen (secondary N) is 1. The second-order valence-electron chi connectivity index (χ2n) is 9.62. The number of esters is 1. The summed E-state index contributed by atoms with van der Waals surface area (Å²) in [4.78, 5) is 39.4. The first-order chi connectivity index (χ1) is 18.3. The molecule has 2 amide bonds. The number of likely N-dealkylation sites (tertiary alicyclic amines) is 1. The Morgan fingerprint density at radius 1 is 0.921 bits per heavy atom. The number of fused-ring (bicyclic) bond motifs is 1. The van der Waals surface area contributed by atoms with Crippen molar-refractivity contribution in [2.24, 2.45) is 0 Å². The van der Waals surface area contributed by atoms with Crippen molar-refractivity contribution in [1.29, 1.82) is 0 Å². The first kappa shape index (κ1) is 25.2. The number of ether oxygens (including phenoxy) is 1. The molecule has 1 saturated heterocycles. The Kier molecular flexibility index (Phi) is 6.96. The van der Waals surface area contributed by atoms with Crippen LogP contribution in [0.2, 0.25) is 0 Å². The van der Waals surface area contributed by atoms with Gasteiger partial charge in [0.1, 0.15) is 5.76 Å². The number of rotatable bonds is 5. The Labute approximate surface area is 220 Å². The molecule has 4 aromatic rings. The summed E-state index contributed by atoms with van der Waals surface area (Å²) in [5, 5.41) is 8.49. The zero-order valence-electron chi connectivity index (χ0n) is 21.6. The van der Waals surface area contributed by atoms with Crippen molar-refractivity contribution in [2.75, 3.05) is 25.5 Å². The third-order valence-electron chi connectivity index (χ3n) is 7.30. The van der Waals surface area contributed by atoms with Crippen LogP contribution in [0, 0.1) is 13.8 Å². The molecule has 1 aliphatic heterocycles. The van der Waals surface area contributed by atoms with E-state index in [2.05, 4.69) is 10.5 Å². The standard InChI is InChI=1S/C30H29N3O5/c1-18-19(2)38-32-27(18)28(34)31-26-10-8-20(9-11-26)21-12-14-33(15-13-21)29(35)24-6-4-23-17-25(30(36)37-3)7-5-22(23)16-24/h4-11,16-17,21H,12-15H2,1-3H3,(H,31,34). The van der Waals surface area contributed by atoms with E-state index in [4.69, 9.17) is 9.26 Å². The Hall–Kier alpha value is -4.46. The summed E-state index contributed by atoms with van der Waals surface area (Å²) >= 11 is 0. The molecular weight excluding hydrogens is 482 g/mol. The summed E-state index contributed by atoms with van der Waals surface area (Å²) in [6.45, 7) is 4.93. The lowest BCUT2D eigenvalue weighted by Gasteiger charge is -2.32. The van der Waals surface area contributed by atoms with Crippen LogP contribution in [0.3, 0.4) is 0 Å².